The monoisotopic (exact) mass is 158 g/mol. The van der Waals surface area contributed by atoms with Crippen LogP contribution in [0.5, 0.6) is 0 Å². The molecule has 1 rings (SSSR count). The minimum absolute atomic E-state index is 0.484. The summed E-state index contributed by atoms with van der Waals surface area (Å²) in [5.41, 5.74) is 0. The van der Waals surface area contributed by atoms with Gasteiger partial charge in [-0.1, -0.05) is 13.8 Å². The molecule has 1 fully saturated rings. The highest BCUT2D eigenvalue weighted by Crippen LogP contribution is 1.91. The zero-order valence-corrected chi connectivity index (χ0v) is 7.39. The van der Waals surface area contributed by atoms with Gasteiger partial charge >= 0.3 is 0 Å². The van der Waals surface area contributed by atoms with E-state index in [-0.39, 0.29) is 0 Å². The second kappa shape index (κ2) is 4.70. The molecule has 0 radical (unpaired) electrons. The summed E-state index contributed by atoms with van der Waals surface area (Å²) >= 11 is 0. The first-order valence-electron chi connectivity index (χ1n) is 4.33. The Labute approximate surface area is 68.5 Å². The molecule has 0 aromatic carbocycles. The molecule has 0 bridgehead atoms. The Hall–Kier alpha value is -0.120. The average molecular weight is 158 g/mol. The first-order chi connectivity index (χ1) is 5.29. The lowest BCUT2D eigenvalue weighted by Gasteiger charge is -2.18. The van der Waals surface area contributed by atoms with Crippen molar-refractivity contribution in [2.45, 2.75) is 25.9 Å². The van der Waals surface area contributed by atoms with Gasteiger partial charge in [-0.2, -0.15) is 0 Å². The van der Waals surface area contributed by atoms with Crippen molar-refractivity contribution in [2.75, 3.05) is 26.3 Å². The van der Waals surface area contributed by atoms with Crippen LogP contribution in [0.2, 0.25) is 0 Å². The van der Waals surface area contributed by atoms with E-state index in [2.05, 4.69) is 24.5 Å². The van der Waals surface area contributed by atoms with Crippen LogP contribution in [-0.2, 0) is 4.74 Å². The van der Waals surface area contributed by atoms with Crippen molar-refractivity contribution >= 4 is 0 Å². The van der Waals surface area contributed by atoms with Gasteiger partial charge in [-0.25, -0.2) is 0 Å². The second-order valence-electron chi connectivity index (χ2n) is 3.30. The summed E-state index contributed by atoms with van der Waals surface area (Å²) in [5.74, 6) is 0. The number of nitrogens with one attached hydrogen (secondary N) is 2. The van der Waals surface area contributed by atoms with Crippen LogP contribution in [0, 0.1) is 0 Å². The van der Waals surface area contributed by atoms with Crippen molar-refractivity contribution in [1.29, 1.82) is 0 Å². The van der Waals surface area contributed by atoms with Gasteiger partial charge in [0.15, 0.2) is 0 Å². The van der Waals surface area contributed by atoms with Gasteiger partial charge in [0.25, 0.3) is 0 Å². The maximum absolute atomic E-state index is 5.38. The molecule has 66 valence electrons. The van der Waals surface area contributed by atoms with E-state index in [1.54, 1.807) is 0 Å². The van der Waals surface area contributed by atoms with E-state index in [4.69, 9.17) is 4.74 Å². The van der Waals surface area contributed by atoms with Crippen LogP contribution in [0.3, 0.4) is 0 Å². The van der Waals surface area contributed by atoms with Crippen LogP contribution in [0.25, 0.3) is 0 Å². The first kappa shape index (κ1) is 8.97. The minimum Gasteiger partial charge on any atom is -0.378 e. The zero-order valence-electron chi connectivity index (χ0n) is 7.39. The van der Waals surface area contributed by atoms with Gasteiger partial charge in [0.1, 0.15) is 0 Å². The van der Waals surface area contributed by atoms with Crippen LogP contribution in [0.15, 0.2) is 0 Å². The zero-order chi connectivity index (χ0) is 8.10. The van der Waals surface area contributed by atoms with Crippen LogP contribution in [0.4, 0.5) is 0 Å². The molecule has 0 spiro atoms. The van der Waals surface area contributed by atoms with E-state index in [9.17, 15) is 0 Å². The number of hydrogen-bond donors (Lipinski definition) is 2. The van der Waals surface area contributed by atoms with Crippen molar-refractivity contribution in [1.82, 2.24) is 10.6 Å². The van der Waals surface area contributed by atoms with Crippen LogP contribution in [-0.4, -0.2) is 38.4 Å². The van der Waals surface area contributed by atoms with Crippen molar-refractivity contribution in [3.8, 4) is 0 Å². The third-order valence-corrected chi connectivity index (χ3v) is 1.70. The predicted octanol–water partition coefficient (Wildman–Crippen LogP) is -0.0272. The molecule has 3 heteroatoms. The fourth-order valence-corrected chi connectivity index (χ4v) is 1.28. The topological polar surface area (TPSA) is 33.3 Å². The summed E-state index contributed by atoms with van der Waals surface area (Å²) in [5, 5.41) is 6.75. The summed E-state index contributed by atoms with van der Waals surface area (Å²) < 4.78 is 5.38. The molecule has 1 atom stereocenters. The van der Waals surface area contributed by atoms with E-state index in [0.29, 0.717) is 12.1 Å². The summed E-state index contributed by atoms with van der Waals surface area (Å²) in [6.07, 6.45) is 0. The summed E-state index contributed by atoms with van der Waals surface area (Å²) in [6, 6.07) is 1.03. The molecule has 1 heterocycles. The standard InChI is InChI=1S/C8H18N2O/c1-7(2)10-8-5-9-3-4-11-6-8/h7-10H,3-6H2,1-2H3. The van der Waals surface area contributed by atoms with Crippen molar-refractivity contribution in [3.05, 3.63) is 0 Å². The summed E-state index contributed by atoms with van der Waals surface area (Å²) in [4.78, 5) is 0. The van der Waals surface area contributed by atoms with Crippen molar-refractivity contribution in [2.24, 2.45) is 0 Å². The fraction of sp³-hybridized carbons (Fsp3) is 1.00. The Balaban J connectivity index is 2.20. The van der Waals surface area contributed by atoms with Gasteiger partial charge in [0.2, 0.25) is 0 Å². The first-order valence-corrected chi connectivity index (χ1v) is 4.33. The molecule has 1 aliphatic heterocycles. The quantitative estimate of drug-likeness (QED) is 0.592. The highest BCUT2D eigenvalue weighted by molar-refractivity contribution is 4.73. The molecule has 0 saturated carbocycles. The summed E-state index contributed by atoms with van der Waals surface area (Å²) in [7, 11) is 0. The second-order valence-corrected chi connectivity index (χ2v) is 3.30. The number of hydrogen-bond acceptors (Lipinski definition) is 3. The van der Waals surface area contributed by atoms with Crippen LogP contribution in [0.1, 0.15) is 13.8 Å². The molecule has 0 aliphatic carbocycles. The minimum atomic E-state index is 0.484. The maximum atomic E-state index is 5.38. The molecular weight excluding hydrogens is 140 g/mol. The average Bonchev–Trinajstić information content (AvgIpc) is 2.14. The largest absolute Gasteiger partial charge is 0.378 e. The molecule has 0 aromatic rings. The lowest BCUT2D eigenvalue weighted by molar-refractivity contribution is 0.131. The molecular formula is C8H18N2O. The predicted molar refractivity (Wildman–Crippen MR) is 45.7 cm³/mol. The molecule has 0 amide bonds. The Bertz CT molecular complexity index is 98.3. The van der Waals surface area contributed by atoms with Gasteiger partial charge < -0.3 is 15.4 Å². The van der Waals surface area contributed by atoms with Gasteiger partial charge in [0.05, 0.1) is 13.2 Å². The number of rotatable bonds is 2. The Morgan fingerprint density at radius 1 is 1.55 bits per heavy atom. The van der Waals surface area contributed by atoms with Gasteiger partial charge in [-0.15, -0.1) is 0 Å². The molecule has 1 saturated heterocycles. The molecule has 0 aromatic heterocycles. The molecule has 3 nitrogen and oxygen atoms in total. The van der Waals surface area contributed by atoms with Crippen molar-refractivity contribution < 1.29 is 4.74 Å². The fourth-order valence-electron chi connectivity index (χ4n) is 1.28. The third kappa shape index (κ3) is 3.70. The van der Waals surface area contributed by atoms with Gasteiger partial charge in [0, 0.05) is 25.2 Å². The summed E-state index contributed by atoms with van der Waals surface area (Å²) in [6.45, 7) is 8.01. The smallest absolute Gasteiger partial charge is 0.0632 e. The Morgan fingerprint density at radius 3 is 3.09 bits per heavy atom. The van der Waals surface area contributed by atoms with E-state index < -0.39 is 0 Å². The molecule has 2 N–H and O–H groups in total. The van der Waals surface area contributed by atoms with E-state index in [1.165, 1.54) is 0 Å². The lowest BCUT2D eigenvalue weighted by Crippen LogP contribution is -2.43. The molecule has 11 heavy (non-hydrogen) atoms. The Kier molecular flexibility index (Phi) is 3.83. The number of ether oxygens (including phenoxy) is 1. The van der Waals surface area contributed by atoms with Gasteiger partial charge in [-0.3, -0.25) is 0 Å². The third-order valence-electron chi connectivity index (χ3n) is 1.70. The SMILES string of the molecule is CC(C)NC1CNCCOC1. The van der Waals surface area contributed by atoms with Crippen molar-refractivity contribution in [3.63, 3.8) is 0 Å². The molecule has 1 aliphatic rings. The van der Waals surface area contributed by atoms with Crippen LogP contribution >= 0.6 is 0 Å². The molecule has 1 unspecified atom stereocenters. The highest BCUT2D eigenvalue weighted by atomic mass is 16.5. The lowest BCUT2D eigenvalue weighted by atomic mass is 10.2. The normalized spacial score (nSPS) is 27.0. The maximum Gasteiger partial charge on any atom is 0.0632 e. The van der Waals surface area contributed by atoms with E-state index in [1.807, 2.05) is 0 Å². The van der Waals surface area contributed by atoms with E-state index >= 15 is 0 Å². The van der Waals surface area contributed by atoms with E-state index in [0.717, 1.165) is 26.3 Å². The van der Waals surface area contributed by atoms with Crippen LogP contribution < -0.4 is 10.6 Å². The van der Waals surface area contributed by atoms with Gasteiger partial charge in [-0.05, 0) is 0 Å². The highest BCUT2D eigenvalue weighted by Gasteiger charge is 2.11. The Morgan fingerprint density at radius 2 is 2.36 bits per heavy atom.